The van der Waals surface area contributed by atoms with Gasteiger partial charge in [0.25, 0.3) is 0 Å². The molecule has 23 heavy (non-hydrogen) atoms. The maximum atomic E-state index is 4.85. The Kier molecular flexibility index (Phi) is 5.25. The average Bonchev–Trinajstić information content (AvgIpc) is 2.60. The fourth-order valence-corrected chi connectivity index (χ4v) is 2.85. The SMILES string of the molecule is Cc1cncc(CN=C(Nc2ccccc2)N2CCCCC2)c1. The number of pyridine rings is 1. The van der Waals surface area contributed by atoms with Crippen molar-refractivity contribution in [2.75, 3.05) is 18.4 Å². The van der Waals surface area contributed by atoms with E-state index in [0.717, 1.165) is 30.3 Å². The molecular formula is C19H24N4. The third-order valence-electron chi connectivity index (χ3n) is 4.03. The fraction of sp³-hybridized carbons (Fsp3) is 0.368. The largest absolute Gasteiger partial charge is 0.343 e. The van der Waals surface area contributed by atoms with E-state index >= 15 is 0 Å². The van der Waals surface area contributed by atoms with Crippen LogP contribution in [-0.2, 0) is 6.54 Å². The van der Waals surface area contributed by atoms with Crippen LogP contribution in [0.5, 0.6) is 0 Å². The summed E-state index contributed by atoms with van der Waals surface area (Å²) >= 11 is 0. The van der Waals surface area contributed by atoms with Crippen molar-refractivity contribution in [3.8, 4) is 0 Å². The van der Waals surface area contributed by atoms with Gasteiger partial charge in [-0.3, -0.25) is 4.98 Å². The number of hydrogen-bond acceptors (Lipinski definition) is 2. The van der Waals surface area contributed by atoms with E-state index in [1.54, 1.807) is 0 Å². The first-order chi connectivity index (χ1) is 11.3. The van der Waals surface area contributed by atoms with Crippen LogP contribution in [0.2, 0.25) is 0 Å². The van der Waals surface area contributed by atoms with Gasteiger partial charge in [0.2, 0.25) is 0 Å². The molecule has 0 atom stereocenters. The lowest BCUT2D eigenvalue weighted by molar-refractivity contribution is 0.340. The number of nitrogens with one attached hydrogen (secondary N) is 1. The Hall–Kier alpha value is -2.36. The van der Waals surface area contributed by atoms with Crippen molar-refractivity contribution in [3.63, 3.8) is 0 Å². The summed E-state index contributed by atoms with van der Waals surface area (Å²) in [5.74, 6) is 0.970. The summed E-state index contributed by atoms with van der Waals surface area (Å²) in [4.78, 5) is 11.5. The number of piperidine rings is 1. The molecule has 0 unspecified atom stereocenters. The second-order valence-corrected chi connectivity index (χ2v) is 6.05. The fourth-order valence-electron chi connectivity index (χ4n) is 2.85. The van der Waals surface area contributed by atoms with Gasteiger partial charge in [-0.05, 0) is 49.4 Å². The first-order valence-electron chi connectivity index (χ1n) is 8.33. The highest BCUT2D eigenvalue weighted by atomic mass is 15.3. The predicted octanol–water partition coefficient (Wildman–Crippen LogP) is 3.84. The Bertz CT molecular complexity index is 645. The van der Waals surface area contributed by atoms with Gasteiger partial charge in [-0.1, -0.05) is 24.3 Å². The second kappa shape index (κ2) is 7.77. The van der Waals surface area contributed by atoms with Gasteiger partial charge < -0.3 is 10.2 Å². The molecular weight excluding hydrogens is 284 g/mol. The summed E-state index contributed by atoms with van der Waals surface area (Å²) in [6.45, 7) is 4.86. The molecule has 0 radical (unpaired) electrons. The molecule has 0 spiro atoms. The summed E-state index contributed by atoms with van der Waals surface area (Å²) in [7, 11) is 0. The minimum Gasteiger partial charge on any atom is -0.343 e. The highest BCUT2D eigenvalue weighted by Crippen LogP contribution is 2.13. The van der Waals surface area contributed by atoms with Crippen LogP contribution in [0.3, 0.4) is 0 Å². The molecule has 1 aromatic heterocycles. The Morgan fingerprint density at radius 2 is 1.91 bits per heavy atom. The third kappa shape index (κ3) is 4.55. The maximum Gasteiger partial charge on any atom is 0.198 e. The van der Waals surface area contributed by atoms with Gasteiger partial charge in [0.05, 0.1) is 6.54 Å². The minimum absolute atomic E-state index is 0.653. The lowest BCUT2D eigenvalue weighted by atomic mass is 10.1. The summed E-state index contributed by atoms with van der Waals surface area (Å²) in [6, 6.07) is 12.4. The molecule has 0 aliphatic carbocycles. The van der Waals surface area contributed by atoms with E-state index in [9.17, 15) is 0 Å². The molecule has 0 bridgehead atoms. The van der Waals surface area contributed by atoms with Gasteiger partial charge >= 0.3 is 0 Å². The molecule has 1 fully saturated rings. The van der Waals surface area contributed by atoms with Crippen molar-refractivity contribution in [1.82, 2.24) is 9.88 Å². The lowest BCUT2D eigenvalue weighted by Gasteiger charge is -2.30. The molecule has 1 aromatic carbocycles. The Balaban J connectivity index is 1.77. The van der Waals surface area contributed by atoms with Crippen LogP contribution < -0.4 is 5.32 Å². The molecule has 0 amide bonds. The number of rotatable bonds is 3. The number of nitrogens with zero attached hydrogens (tertiary/aromatic N) is 3. The average molecular weight is 308 g/mol. The summed E-state index contributed by atoms with van der Waals surface area (Å²) in [5.41, 5.74) is 3.40. The highest BCUT2D eigenvalue weighted by molar-refractivity contribution is 5.93. The van der Waals surface area contributed by atoms with Crippen molar-refractivity contribution in [1.29, 1.82) is 0 Å². The number of aliphatic imine (C=N–C) groups is 1. The third-order valence-corrected chi connectivity index (χ3v) is 4.03. The number of benzene rings is 1. The summed E-state index contributed by atoms with van der Waals surface area (Å²) < 4.78 is 0. The van der Waals surface area contributed by atoms with Crippen LogP contribution in [0.1, 0.15) is 30.4 Å². The topological polar surface area (TPSA) is 40.5 Å². The first kappa shape index (κ1) is 15.5. The molecule has 0 saturated carbocycles. The number of para-hydroxylation sites is 1. The van der Waals surface area contributed by atoms with Gasteiger partial charge in [0.15, 0.2) is 5.96 Å². The predicted molar refractivity (Wildman–Crippen MR) is 95.6 cm³/mol. The molecule has 4 nitrogen and oxygen atoms in total. The van der Waals surface area contributed by atoms with Crippen molar-refractivity contribution in [3.05, 3.63) is 59.9 Å². The Morgan fingerprint density at radius 3 is 2.65 bits per heavy atom. The van der Waals surface area contributed by atoms with Crippen LogP contribution in [0.25, 0.3) is 0 Å². The number of aryl methyl sites for hydroxylation is 1. The van der Waals surface area contributed by atoms with Crippen molar-refractivity contribution in [2.24, 2.45) is 4.99 Å². The van der Waals surface area contributed by atoms with Crippen LogP contribution >= 0.6 is 0 Å². The van der Waals surface area contributed by atoms with Gasteiger partial charge in [-0.25, -0.2) is 4.99 Å². The van der Waals surface area contributed by atoms with Crippen LogP contribution in [0.15, 0.2) is 53.8 Å². The van der Waals surface area contributed by atoms with E-state index in [0.29, 0.717) is 6.54 Å². The Labute approximate surface area is 138 Å². The van der Waals surface area contributed by atoms with E-state index in [1.807, 2.05) is 30.6 Å². The number of guanidine groups is 1. The van der Waals surface area contributed by atoms with Crippen molar-refractivity contribution >= 4 is 11.6 Å². The van der Waals surface area contributed by atoms with E-state index in [4.69, 9.17) is 4.99 Å². The smallest absolute Gasteiger partial charge is 0.198 e. The molecule has 2 aromatic rings. The zero-order valence-corrected chi connectivity index (χ0v) is 13.7. The van der Waals surface area contributed by atoms with Gasteiger partial charge in [0.1, 0.15) is 0 Å². The zero-order valence-electron chi connectivity index (χ0n) is 13.7. The van der Waals surface area contributed by atoms with Gasteiger partial charge in [0, 0.05) is 31.2 Å². The van der Waals surface area contributed by atoms with E-state index in [1.165, 1.54) is 24.8 Å². The molecule has 1 aliphatic heterocycles. The van der Waals surface area contributed by atoms with Gasteiger partial charge in [-0.2, -0.15) is 0 Å². The zero-order chi connectivity index (χ0) is 15.9. The lowest BCUT2D eigenvalue weighted by Crippen LogP contribution is -2.40. The van der Waals surface area contributed by atoms with E-state index in [2.05, 4.69) is 40.3 Å². The molecule has 4 heteroatoms. The summed E-state index contributed by atoms with van der Waals surface area (Å²) in [6.07, 6.45) is 7.56. The maximum absolute atomic E-state index is 4.85. The summed E-state index contributed by atoms with van der Waals surface area (Å²) in [5, 5.41) is 3.49. The quantitative estimate of drug-likeness (QED) is 0.692. The standard InChI is InChI=1S/C19H24N4/c1-16-12-17(14-20-13-16)15-21-19(23-10-6-3-7-11-23)22-18-8-4-2-5-9-18/h2,4-5,8-9,12-14H,3,6-7,10-11,15H2,1H3,(H,21,22). The monoisotopic (exact) mass is 308 g/mol. The molecule has 1 saturated heterocycles. The normalized spacial score (nSPS) is 15.5. The van der Waals surface area contributed by atoms with Crippen LogP contribution in [0, 0.1) is 6.92 Å². The Morgan fingerprint density at radius 1 is 1.13 bits per heavy atom. The number of likely N-dealkylation sites (tertiary alicyclic amines) is 1. The molecule has 1 aliphatic rings. The van der Waals surface area contributed by atoms with Crippen LogP contribution in [0.4, 0.5) is 5.69 Å². The van der Waals surface area contributed by atoms with Gasteiger partial charge in [-0.15, -0.1) is 0 Å². The number of aromatic nitrogens is 1. The molecule has 3 rings (SSSR count). The number of anilines is 1. The number of hydrogen-bond donors (Lipinski definition) is 1. The highest BCUT2D eigenvalue weighted by Gasteiger charge is 2.15. The second-order valence-electron chi connectivity index (χ2n) is 6.05. The van der Waals surface area contributed by atoms with Crippen molar-refractivity contribution < 1.29 is 0 Å². The van der Waals surface area contributed by atoms with E-state index in [-0.39, 0.29) is 0 Å². The molecule has 120 valence electrons. The van der Waals surface area contributed by atoms with Crippen molar-refractivity contribution in [2.45, 2.75) is 32.7 Å². The minimum atomic E-state index is 0.653. The molecule has 2 heterocycles. The van der Waals surface area contributed by atoms with E-state index < -0.39 is 0 Å². The first-order valence-corrected chi connectivity index (χ1v) is 8.33. The molecule has 1 N–H and O–H groups in total. The van der Waals surface area contributed by atoms with Crippen LogP contribution in [-0.4, -0.2) is 28.9 Å².